The van der Waals surface area contributed by atoms with Gasteiger partial charge in [-0.1, -0.05) is 75.9 Å². The van der Waals surface area contributed by atoms with Crippen molar-refractivity contribution in [3.8, 4) is 0 Å². The lowest BCUT2D eigenvalue weighted by Crippen LogP contribution is -2.40. The van der Waals surface area contributed by atoms with E-state index in [1.807, 2.05) is 0 Å². The molecule has 24 heavy (non-hydrogen) atoms. The molecule has 130 valence electrons. The van der Waals surface area contributed by atoms with Gasteiger partial charge in [0.2, 0.25) is 0 Å². The molecule has 3 atom stereocenters. The molecule has 2 aliphatic carbocycles. The maximum Gasteiger partial charge on any atom is 0.143 e. The molecule has 0 saturated heterocycles. The summed E-state index contributed by atoms with van der Waals surface area (Å²) in [6, 6.07) is 8.96. The van der Waals surface area contributed by atoms with Gasteiger partial charge in [0.15, 0.2) is 0 Å². The zero-order valence-corrected chi connectivity index (χ0v) is 15.5. The van der Waals surface area contributed by atoms with Gasteiger partial charge in [-0.05, 0) is 47.6 Å². The Balaban J connectivity index is 1.46. The van der Waals surface area contributed by atoms with Crippen molar-refractivity contribution in [3.05, 3.63) is 35.4 Å². The zero-order valence-electron chi connectivity index (χ0n) is 15.5. The van der Waals surface area contributed by atoms with Crippen LogP contribution in [0.5, 0.6) is 0 Å². The van der Waals surface area contributed by atoms with E-state index in [0.717, 1.165) is 24.0 Å². The van der Waals surface area contributed by atoms with E-state index in [2.05, 4.69) is 50.2 Å². The second-order valence-corrected chi connectivity index (χ2v) is 9.36. The Morgan fingerprint density at radius 3 is 2.42 bits per heavy atom. The van der Waals surface area contributed by atoms with Crippen molar-refractivity contribution in [1.82, 2.24) is 0 Å². The van der Waals surface area contributed by atoms with Gasteiger partial charge in [0.25, 0.3) is 0 Å². The molecule has 0 N–H and O–H groups in total. The van der Waals surface area contributed by atoms with Crippen LogP contribution in [0.15, 0.2) is 29.4 Å². The predicted octanol–water partition coefficient (Wildman–Crippen LogP) is 5.84. The van der Waals surface area contributed by atoms with Crippen molar-refractivity contribution in [2.75, 3.05) is 0 Å². The second kappa shape index (κ2) is 5.89. The summed E-state index contributed by atoms with van der Waals surface area (Å²) in [6.45, 7) is 6.78. The Bertz CT molecular complexity index is 624. The fourth-order valence-corrected chi connectivity index (χ4v) is 5.04. The first-order valence-corrected chi connectivity index (χ1v) is 9.81. The summed E-state index contributed by atoms with van der Waals surface area (Å²) in [5.74, 6) is 1.84. The van der Waals surface area contributed by atoms with Crippen molar-refractivity contribution in [3.63, 3.8) is 0 Å². The van der Waals surface area contributed by atoms with Gasteiger partial charge < -0.3 is 4.84 Å². The molecular weight excluding hydrogens is 294 g/mol. The van der Waals surface area contributed by atoms with E-state index in [0.29, 0.717) is 0 Å². The SMILES string of the molecule is CC(C)(C)c1ccc(C2=NOC3(CCC4CCCCC4C3)C2)cc1. The molecule has 4 rings (SSSR count). The Hall–Kier alpha value is -1.31. The van der Waals surface area contributed by atoms with E-state index in [1.165, 1.54) is 56.1 Å². The van der Waals surface area contributed by atoms with Crippen LogP contribution in [-0.4, -0.2) is 11.3 Å². The number of nitrogens with zero attached hydrogens (tertiary/aromatic N) is 1. The lowest BCUT2D eigenvalue weighted by molar-refractivity contribution is -0.0796. The van der Waals surface area contributed by atoms with Crippen LogP contribution in [0.1, 0.15) is 83.3 Å². The van der Waals surface area contributed by atoms with Crippen LogP contribution < -0.4 is 0 Å². The van der Waals surface area contributed by atoms with Crippen LogP contribution >= 0.6 is 0 Å². The van der Waals surface area contributed by atoms with Gasteiger partial charge >= 0.3 is 0 Å². The first-order chi connectivity index (χ1) is 11.5. The second-order valence-electron chi connectivity index (χ2n) is 9.36. The van der Waals surface area contributed by atoms with Crippen molar-refractivity contribution in [1.29, 1.82) is 0 Å². The first-order valence-electron chi connectivity index (χ1n) is 9.81. The molecule has 1 aliphatic heterocycles. The fraction of sp³-hybridized carbons (Fsp3) is 0.682. The highest BCUT2D eigenvalue weighted by Gasteiger charge is 2.47. The van der Waals surface area contributed by atoms with Gasteiger partial charge in [0, 0.05) is 6.42 Å². The van der Waals surface area contributed by atoms with E-state index < -0.39 is 0 Å². The third kappa shape index (κ3) is 3.00. The van der Waals surface area contributed by atoms with Crippen molar-refractivity contribution in [2.45, 2.75) is 83.2 Å². The third-order valence-corrected chi connectivity index (χ3v) is 6.59. The summed E-state index contributed by atoms with van der Waals surface area (Å²) in [4.78, 5) is 6.08. The van der Waals surface area contributed by atoms with E-state index in [9.17, 15) is 0 Å². The Labute approximate surface area is 146 Å². The van der Waals surface area contributed by atoms with Crippen LogP contribution in [0.4, 0.5) is 0 Å². The summed E-state index contributed by atoms with van der Waals surface area (Å²) in [7, 11) is 0. The third-order valence-electron chi connectivity index (χ3n) is 6.59. The number of oxime groups is 1. The van der Waals surface area contributed by atoms with Crippen LogP contribution in [0, 0.1) is 11.8 Å². The minimum Gasteiger partial charge on any atom is -0.389 e. The maximum atomic E-state index is 6.08. The Morgan fingerprint density at radius 2 is 1.71 bits per heavy atom. The van der Waals surface area contributed by atoms with Crippen LogP contribution in [-0.2, 0) is 10.3 Å². The van der Waals surface area contributed by atoms with Gasteiger partial charge in [-0.3, -0.25) is 0 Å². The molecule has 0 amide bonds. The molecule has 1 aromatic rings. The van der Waals surface area contributed by atoms with Gasteiger partial charge in [-0.25, -0.2) is 0 Å². The fourth-order valence-electron chi connectivity index (χ4n) is 5.04. The van der Waals surface area contributed by atoms with E-state index in [4.69, 9.17) is 4.84 Å². The zero-order chi connectivity index (χ0) is 16.8. The van der Waals surface area contributed by atoms with E-state index in [1.54, 1.807) is 0 Å². The molecule has 2 heteroatoms. The average molecular weight is 325 g/mol. The first kappa shape index (κ1) is 16.2. The Kier molecular flexibility index (Phi) is 3.97. The van der Waals surface area contributed by atoms with E-state index >= 15 is 0 Å². The molecule has 1 aromatic carbocycles. The molecule has 3 unspecified atom stereocenters. The summed E-state index contributed by atoms with van der Waals surface area (Å²) >= 11 is 0. The molecule has 2 fully saturated rings. The summed E-state index contributed by atoms with van der Waals surface area (Å²) in [5.41, 5.74) is 3.99. The van der Waals surface area contributed by atoms with Crippen molar-refractivity contribution in [2.24, 2.45) is 17.0 Å². The predicted molar refractivity (Wildman–Crippen MR) is 99.4 cm³/mol. The standard InChI is InChI=1S/C22H31NO/c1-21(2,3)19-10-8-17(9-11-19)20-15-22(24-23-20)13-12-16-6-4-5-7-18(16)14-22/h8-11,16,18H,4-7,12-15H2,1-3H3. The summed E-state index contributed by atoms with van der Waals surface area (Å²) in [6.07, 6.45) is 10.5. The quantitative estimate of drug-likeness (QED) is 0.636. The van der Waals surface area contributed by atoms with Crippen molar-refractivity contribution < 1.29 is 4.84 Å². The van der Waals surface area contributed by atoms with Gasteiger partial charge in [-0.15, -0.1) is 0 Å². The average Bonchev–Trinajstić information content (AvgIpc) is 2.98. The lowest BCUT2D eigenvalue weighted by Gasteiger charge is -2.43. The molecule has 1 spiro atoms. The molecule has 0 radical (unpaired) electrons. The minimum atomic E-state index is 0.0105. The van der Waals surface area contributed by atoms with E-state index in [-0.39, 0.29) is 11.0 Å². The van der Waals surface area contributed by atoms with Crippen molar-refractivity contribution >= 4 is 5.71 Å². The van der Waals surface area contributed by atoms with Gasteiger partial charge in [-0.2, -0.15) is 0 Å². The maximum absolute atomic E-state index is 6.08. The number of hydrogen-bond acceptors (Lipinski definition) is 2. The van der Waals surface area contributed by atoms with Crippen LogP contribution in [0.2, 0.25) is 0 Å². The summed E-state index contributed by atoms with van der Waals surface area (Å²) in [5, 5.41) is 4.53. The molecule has 2 saturated carbocycles. The largest absolute Gasteiger partial charge is 0.389 e. The number of rotatable bonds is 1. The number of hydrogen-bond donors (Lipinski definition) is 0. The number of fused-ring (bicyclic) bond motifs is 1. The highest BCUT2D eigenvalue weighted by molar-refractivity contribution is 6.01. The highest BCUT2D eigenvalue weighted by atomic mass is 16.7. The van der Waals surface area contributed by atoms with Gasteiger partial charge in [0.05, 0.1) is 5.71 Å². The molecule has 3 aliphatic rings. The summed E-state index contributed by atoms with van der Waals surface area (Å²) < 4.78 is 0. The van der Waals surface area contributed by atoms with Crippen LogP contribution in [0.25, 0.3) is 0 Å². The monoisotopic (exact) mass is 325 g/mol. The normalized spacial score (nSPS) is 33.0. The smallest absolute Gasteiger partial charge is 0.143 e. The topological polar surface area (TPSA) is 21.6 Å². The molecular formula is C22H31NO. The Morgan fingerprint density at radius 1 is 1.00 bits per heavy atom. The lowest BCUT2D eigenvalue weighted by atomic mass is 9.65. The molecule has 1 heterocycles. The molecule has 0 bridgehead atoms. The minimum absolute atomic E-state index is 0.0105. The molecule has 0 aromatic heterocycles. The van der Waals surface area contributed by atoms with Crippen LogP contribution in [0.3, 0.4) is 0 Å². The number of benzene rings is 1. The highest BCUT2D eigenvalue weighted by Crippen LogP contribution is 2.49. The van der Waals surface area contributed by atoms with Gasteiger partial charge in [0.1, 0.15) is 5.60 Å². The molecule has 2 nitrogen and oxygen atoms in total.